The molecule has 0 aliphatic heterocycles. The van der Waals surface area contributed by atoms with Crippen molar-refractivity contribution in [3.05, 3.63) is 26.5 Å². The van der Waals surface area contributed by atoms with Crippen LogP contribution in [0.15, 0.2) is 12.3 Å². The monoisotopic (exact) mass is 289 g/mol. The second-order valence-corrected chi connectivity index (χ2v) is 6.33. The highest BCUT2D eigenvalue weighted by molar-refractivity contribution is 7.20. The van der Waals surface area contributed by atoms with E-state index in [-0.39, 0.29) is 0 Å². The first-order valence-corrected chi connectivity index (χ1v) is 6.86. The Labute approximate surface area is 114 Å². The average molecular weight is 290 g/mol. The maximum atomic E-state index is 6.14. The zero-order valence-corrected chi connectivity index (χ0v) is 11.9. The lowest BCUT2D eigenvalue weighted by molar-refractivity contribution is 0.589. The molecule has 2 N–H and O–H groups in total. The molecule has 2 aromatic heterocycles. The van der Waals surface area contributed by atoms with Gasteiger partial charge in [0.2, 0.25) is 0 Å². The molecule has 3 nitrogen and oxygen atoms in total. The van der Waals surface area contributed by atoms with Gasteiger partial charge in [0.1, 0.15) is 4.34 Å². The van der Waals surface area contributed by atoms with Crippen molar-refractivity contribution in [2.75, 3.05) is 0 Å². The van der Waals surface area contributed by atoms with Gasteiger partial charge in [0.15, 0.2) is 0 Å². The zero-order valence-electron chi connectivity index (χ0n) is 9.55. The summed E-state index contributed by atoms with van der Waals surface area (Å²) in [6, 6.07) is 2.29. The van der Waals surface area contributed by atoms with Crippen LogP contribution in [0.5, 0.6) is 0 Å². The van der Waals surface area contributed by atoms with E-state index in [4.69, 9.17) is 23.2 Å². The first-order valence-electron chi connectivity index (χ1n) is 5.28. The van der Waals surface area contributed by atoms with E-state index < -0.39 is 0 Å². The first kappa shape index (κ1) is 12.9. The van der Waals surface area contributed by atoms with Crippen LogP contribution in [0.25, 0.3) is 11.3 Å². The van der Waals surface area contributed by atoms with Gasteiger partial charge in [0, 0.05) is 23.7 Å². The fraction of sp³-hybridized carbons (Fsp3) is 0.364. The number of halogens is 2. The summed E-state index contributed by atoms with van der Waals surface area (Å²) in [6.45, 7) is 4.97. The van der Waals surface area contributed by atoms with Crippen molar-refractivity contribution in [2.24, 2.45) is 0 Å². The third-order valence-corrected chi connectivity index (χ3v) is 3.83. The predicted octanol–water partition coefficient (Wildman–Crippen LogP) is 3.94. The van der Waals surface area contributed by atoms with Gasteiger partial charge in [-0.25, -0.2) is 0 Å². The van der Waals surface area contributed by atoms with Gasteiger partial charge in [-0.1, -0.05) is 37.0 Å². The number of nitrogens with zero attached hydrogens (tertiary/aromatic N) is 1. The van der Waals surface area contributed by atoms with E-state index in [2.05, 4.69) is 29.4 Å². The molecule has 0 saturated carbocycles. The van der Waals surface area contributed by atoms with Crippen molar-refractivity contribution in [1.29, 1.82) is 0 Å². The van der Waals surface area contributed by atoms with Crippen LogP contribution in [0, 0.1) is 0 Å². The molecule has 0 fully saturated rings. The Kier molecular flexibility index (Phi) is 4.09. The first-order chi connectivity index (χ1) is 8.08. The predicted molar refractivity (Wildman–Crippen MR) is 73.9 cm³/mol. The largest absolute Gasteiger partial charge is 0.310 e. The van der Waals surface area contributed by atoms with Crippen LogP contribution in [0.1, 0.15) is 19.4 Å². The number of hydrogen-bond donors (Lipinski definition) is 2. The molecule has 92 valence electrons. The normalized spacial score (nSPS) is 11.4. The maximum Gasteiger partial charge on any atom is 0.104 e. The molecule has 0 amide bonds. The fourth-order valence-corrected chi connectivity index (χ4v) is 2.98. The van der Waals surface area contributed by atoms with Crippen LogP contribution in [-0.4, -0.2) is 16.2 Å². The lowest BCUT2D eigenvalue weighted by Crippen LogP contribution is -2.21. The van der Waals surface area contributed by atoms with Crippen molar-refractivity contribution in [3.8, 4) is 11.3 Å². The molecule has 0 aliphatic rings. The van der Waals surface area contributed by atoms with Crippen molar-refractivity contribution >= 4 is 34.5 Å². The molecule has 0 aliphatic carbocycles. The number of H-pyrrole nitrogens is 1. The lowest BCUT2D eigenvalue weighted by Gasteiger charge is -2.07. The summed E-state index contributed by atoms with van der Waals surface area (Å²) in [4.78, 5) is 0. The number of aromatic nitrogens is 2. The number of thiophene rings is 1. The second-order valence-electron chi connectivity index (χ2n) is 4.04. The molecule has 2 rings (SSSR count). The van der Waals surface area contributed by atoms with E-state index in [1.165, 1.54) is 11.3 Å². The molecule has 0 saturated heterocycles. The highest BCUT2D eigenvalue weighted by Crippen LogP contribution is 2.38. The summed E-state index contributed by atoms with van der Waals surface area (Å²) in [6.07, 6.45) is 1.81. The second kappa shape index (κ2) is 5.40. The van der Waals surface area contributed by atoms with Gasteiger partial charge in [-0.15, -0.1) is 11.3 Å². The number of hydrogen-bond acceptors (Lipinski definition) is 3. The summed E-state index contributed by atoms with van der Waals surface area (Å²) < 4.78 is 1.37. The Morgan fingerprint density at radius 1 is 1.47 bits per heavy atom. The van der Waals surface area contributed by atoms with E-state index in [0.29, 0.717) is 14.7 Å². The summed E-state index contributed by atoms with van der Waals surface area (Å²) in [5.74, 6) is 0. The van der Waals surface area contributed by atoms with E-state index >= 15 is 0 Å². The Hall–Kier alpha value is -0.550. The van der Waals surface area contributed by atoms with Gasteiger partial charge >= 0.3 is 0 Å². The number of nitrogens with one attached hydrogen (secondary N) is 2. The summed E-state index contributed by atoms with van der Waals surface area (Å²) in [5, 5.41) is 10.4. The van der Waals surface area contributed by atoms with Gasteiger partial charge in [0.05, 0.1) is 16.2 Å². The SMILES string of the molecule is CC(C)NCc1cn[nH]c1-c1cc(Cl)sc1Cl. The topological polar surface area (TPSA) is 40.7 Å². The van der Waals surface area contributed by atoms with Gasteiger partial charge in [-0.05, 0) is 6.07 Å². The molecule has 17 heavy (non-hydrogen) atoms. The van der Waals surface area contributed by atoms with E-state index in [1.54, 1.807) is 0 Å². The Morgan fingerprint density at radius 3 is 2.82 bits per heavy atom. The standard InChI is InChI=1S/C11H13Cl2N3S/c1-6(2)14-4-7-5-15-16-10(7)8-3-9(12)17-11(8)13/h3,5-6,14H,4H2,1-2H3,(H,15,16). The molecule has 0 radical (unpaired) electrons. The van der Waals surface area contributed by atoms with Crippen molar-refractivity contribution in [2.45, 2.75) is 26.4 Å². The van der Waals surface area contributed by atoms with E-state index in [0.717, 1.165) is 23.4 Å². The maximum absolute atomic E-state index is 6.14. The molecule has 0 aromatic carbocycles. The third-order valence-electron chi connectivity index (χ3n) is 2.34. The minimum absolute atomic E-state index is 0.430. The molecule has 0 unspecified atom stereocenters. The Morgan fingerprint density at radius 2 is 2.24 bits per heavy atom. The molecular formula is C11H13Cl2N3S. The Balaban J connectivity index is 2.27. The molecule has 2 heterocycles. The molecule has 0 atom stereocenters. The molecule has 0 bridgehead atoms. The summed E-state index contributed by atoms with van der Waals surface area (Å²) in [7, 11) is 0. The van der Waals surface area contributed by atoms with Gasteiger partial charge < -0.3 is 5.32 Å². The highest BCUT2D eigenvalue weighted by Gasteiger charge is 2.14. The third kappa shape index (κ3) is 3.01. The van der Waals surface area contributed by atoms with Crippen LogP contribution in [-0.2, 0) is 6.54 Å². The van der Waals surface area contributed by atoms with Gasteiger partial charge in [-0.2, -0.15) is 5.10 Å². The van der Waals surface area contributed by atoms with Crippen molar-refractivity contribution in [3.63, 3.8) is 0 Å². The van der Waals surface area contributed by atoms with Gasteiger partial charge in [0.25, 0.3) is 0 Å². The average Bonchev–Trinajstić information content (AvgIpc) is 2.81. The summed E-state index contributed by atoms with van der Waals surface area (Å²) >= 11 is 13.4. The molecular weight excluding hydrogens is 277 g/mol. The van der Waals surface area contributed by atoms with Crippen molar-refractivity contribution in [1.82, 2.24) is 15.5 Å². The quantitative estimate of drug-likeness (QED) is 0.895. The molecule has 0 spiro atoms. The fourth-order valence-electron chi connectivity index (χ4n) is 1.50. The van der Waals surface area contributed by atoms with Crippen LogP contribution in [0.2, 0.25) is 8.67 Å². The highest BCUT2D eigenvalue weighted by atomic mass is 35.5. The van der Waals surface area contributed by atoms with E-state index in [1.807, 2.05) is 12.3 Å². The molecule has 2 aromatic rings. The number of rotatable bonds is 4. The molecule has 6 heteroatoms. The van der Waals surface area contributed by atoms with Crippen LogP contribution >= 0.6 is 34.5 Å². The van der Waals surface area contributed by atoms with Gasteiger partial charge in [-0.3, -0.25) is 5.10 Å². The minimum Gasteiger partial charge on any atom is -0.310 e. The smallest absolute Gasteiger partial charge is 0.104 e. The zero-order chi connectivity index (χ0) is 12.4. The van der Waals surface area contributed by atoms with Crippen molar-refractivity contribution < 1.29 is 0 Å². The van der Waals surface area contributed by atoms with Crippen LogP contribution in [0.4, 0.5) is 0 Å². The van der Waals surface area contributed by atoms with Crippen LogP contribution < -0.4 is 5.32 Å². The lowest BCUT2D eigenvalue weighted by atomic mass is 10.1. The summed E-state index contributed by atoms with van der Waals surface area (Å²) in [5.41, 5.74) is 2.95. The van der Waals surface area contributed by atoms with Crippen LogP contribution in [0.3, 0.4) is 0 Å². The Bertz CT molecular complexity index is 505. The minimum atomic E-state index is 0.430. The number of aromatic amines is 1. The van der Waals surface area contributed by atoms with E-state index in [9.17, 15) is 0 Å².